The van der Waals surface area contributed by atoms with E-state index in [9.17, 15) is 4.79 Å². The Balaban J connectivity index is 2.19. The fourth-order valence-corrected chi connectivity index (χ4v) is 2.43. The van der Waals surface area contributed by atoms with Gasteiger partial charge >= 0.3 is 0 Å². The number of benzene rings is 2. The first-order chi connectivity index (χ1) is 11.6. The van der Waals surface area contributed by atoms with Gasteiger partial charge in [-0.05, 0) is 48.7 Å². The molecule has 0 aliphatic heterocycles. The molecule has 0 spiro atoms. The van der Waals surface area contributed by atoms with Crippen molar-refractivity contribution < 1.29 is 14.3 Å². The number of carbonyl (C=O) groups excluding carboxylic acids is 1. The van der Waals surface area contributed by atoms with E-state index in [1.807, 2.05) is 48.5 Å². The van der Waals surface area contributed by atoms with E-state index in [1.54, 1.807) is 21.1 Å². The van der Waals surface area contributed by atoms with Crippen LogP contribution in [0.5, 0.6) is 11.5 Å². The zero-order valence-electron chi connectivity index (χ0n) is 14.6. The highest BCUT2D eigenvalue weighted by Gasteiger charge is 2.09. The molecule has 2 aromatic carbocycles. The Kier molecular flexibility index (Phi) is 6.01. The Morgan fingerprint density at radius 1 is 1.08 bits per heavy atom. The van der Waals surface area contributed by atoms with Crippen LogP contribution in [0.2, 0.25) is 0 Å². The third kappa shape index (κ3) is 4.16. The lowest BCUT2D eigenvalue weighted by molar-refractivity contribution is -0.112. The second kappa shape index (κ2) is 8.20. The summed E-state index contributed by atoms with van der Waals surface area (Å²) in [7, 11) is 3.18. The van der Waals surface area contributed by atoms with Crippen molar-refractivity contribution in [3.05, 3.63) is 59.2 Å². The Hall–Kier alpha value is -2.75. The van der Waals surface area contributed by atoms with Crippen LogP contribution in [-0.4, -0.2) is 20.1 Å². The second-order valence-corrected chi connectivity index (χ2v) is 5.41. The van der Waals surface area contributed by atoms with Crippen molar-refractivity contribution in [2.24, 2.45) is 0 Å². The smallest absolute Gasteiger partial charge is 0.251 e. The van der Waals surface area contributed by atoms with Crippen LogP contribution in [0.3, 0.4) is 0 Å². The van der Waals surface area contributed by atoms with Crippen LogP contribution in [0, 0.1) is 0 Å². The highest BCUT2D eigenvalue weighted by Crippen LogP contribution is 2.28. The number of hydrogen-bond acceptors (Lipinski definition) is 3. The predicted octanol–water partition coefficient (Wildman–Crippen LogP) is 4.31. The van der Waals surface area contributed by atoms with Gasteiger partial charge in [-0.25, -0.2) is 0 Å². The summed E-state index contributed by atoms with van der Waals surface area (Å²) in [5.41, 5.74) is 3.46. The maximum absolute atomic E-state index is 12.4. The molecule has 0 heterocycles. The summed E-state index contributed by atoms with van der Waals surface area (Å²) >= 11 is 0. The zero-order valence-corrected chi connectivity index (χ0v) is 14.6. The molecule has 0 atom stereocenters. The number of amides is 1. The molecule has 0 bridgehead atoms. The molecular formula is C20H23NO3. The molecule has 24 heavy (non-hydrogen) atoms. The van der Waals surface area contributed by atoms with E-state index in [0.29, 0.717) is 17.1 Å². The fraction of sp³-hybridized carbons (Fsp3) is 0.250. The quantitative estimate of drug-likeness (QED) is 0.805. The van der Waals surface area contributed by atoms with E-state index in [0.717, 1.165) is 23.2 Å². The molecule has 0 aliphatic carbocycles. The molecule has 1 amide bonds. The van der Waals surface area contributed by atoms with E-state index < -0.39 is 0 Å². The van der Waals surface area contributed by atoms with Gasteiger partial charge in [0.2, 0.25) is 0 Å². The molecule has 126 valence electrons. The average Bonchev–Trinajstić information content (AvgIpc) is 2.61. The third-order valence-corrected chi connectivity index (χ3v) is 3.80. The lowest BCUT2D eigenvalue weighted by Crippen LogP contribution is -2.13. The molecule has 4 nitrogen and oxygen atoms in total. The van der Waals surface area contributed by atoms with E-state index in [-0.39, 0.29) is 5.91 Å². The monoisotopic (exact) mass is 325 g/mol. The van der Waals surface area contributed by atoms with Gasteiger partial charge in [0.25, 0.3) is 5.91 Å². The molecule has 1 N–H and O–H groups in total. The normalized spacial score (nSPS) is 11.1. The average molecular weight is 325 g/mol. The van der Waals surface area contributed by atoms with Crippen molar-refractivity contribution in [2.45, 2.75) is 20.3 Å². The topological polar surface area (TPSA) is 47.6 Å². The molecular weight excluding hydrogens is 302 g/mol. The number of methoxy groups -OCH3 is 2. The first-order valence-corrected chi connectivity index (χ1v) is 7.88. The first kappa shape index (κ1) is 17.6. The minimum atomic E-state index is -0.120. The Labute approximate surface area is 143 Å². The molecule has 0 aliphatic rings. The van der Waals surface area contributed by atoms with E-state index in [2.05, 4.69) is 12.2 Å². The number of aryl methyl sites for hydroxylation is 1. The standard InChI is InChI=1S/C20H23NO3/c1-5-16-8-6-7-9-17(16)21-20(22)14(2)12-15-10-11-18(23-3)19(13-15)24-4/h6-13H,5H2,1-4H3,(H,21,22)/b14-12+. The SMILES string of the molecule is CCc1ccccc1NC(=O)/C(C)=C/c1ccc(OC)c(OC)c1. The summed E-state index contributed by atoms with van der Waals surface area (Å²) in [5, 5.41) is 2.97. The number of hydrogen-bond donors (Lipinski definition) is 1. The lowest BCUT2D eigenvalue weighted by Gasteiger charge is -2.11. The number of anilines is 1. The van der Waals surface area contributed by atoms with Gasteiger partial charge in [-0.1, -0.05) is 31.2 Å². The summed E-state index contributed by atoms with van der Waals surface area (Å²) in [4.78, 5) is 12.4. The summed E-state index contributed by atoms with van der Waals surface area (Å²) in [6.07, 6.45) is 2.70. The van der Waals surface area contributed by atoms with Gasteiger partial charge in [0, 0.05) is 11.3 Å². The van der Waals surface area contributed by atoms with Gasteiger partial charge < -0.3 is 14.8 Å². The molecule has 0 radical (unpaired) electrons. The third-order valence-electron chi connectivity index (χ3n) is 3.80. The Bertz CT molecular complexity index is 750. The highest BCUT2D eigenvalue weighted by molar-refractivity contribution is 6.06. The van der Waals surface area contributed by atoms with Crippen molar-refractivity contribution in [1.82, 2.24) is 0 Å². The molecule has 0 saturated carbocycles. The molecule has 0 unspecified atom stereocenters. The van der Waals surface area contributed by atoms with Gasteiger partial charge in [-0.15, -0.1) is 0 Å². The number of rotatable bonds is 6. The van der Waals surface area contributed by atoms with Crippen LogP contribution in [-0.2, 0) is 11.2 Å². The van der Waals surface area contributed by atoms with Crippen LogP contribution < -0.4 is 14.8 Å². The first-order valence-electron chi connectivity index (χ1n) is 7.88. The molecule has 2 aromatic rings. The van der Waals surface area contributed by atoms with E-state index >= 15 is 0 Å². The van der Waals surface area contributed by atoms with Crippen LogP contribution >= 0.6 is 0 Å². The van der Waals surface area contributed by atoms with Crippen molar-refractivity contribution in [2.75, 3.05) is 19.5 Å². The van der Waals surface area contributed by atoms with Crippen molar-refractivity contribution in [1.29, 1.82) is 0 Å². The molecule has 0 aromatic heterocycles. The molecule has 2 rings (SSSR count). The van der Waals surface area contributed by atoms with Crippen LogP contribution in [0.25, 0.3) is 6.08 Å². The molecule has 4 heteroatoms. The second-order valence-electron chi connectivity index (χ2n) is 5.41. The van der Waals surface area contributed by atoms with Crippen LogP contribution in [0.15, 0.2) is 48.0 Å². The maximum atomic E-state index is 12.4. The summed E-state index contributed by atoms with van der Waals surface area (Å²) in [6.45, 7) is 3.86. The Morgan fingerprint density at radius 2 is 1.79 bits per heavy atom. The predicted molar refractivity (Wildman–Crippen MR) is 97.6 cm³/mol. The summed E-state index contributed by atoms with van der Waals surface area (Å²) in [5.74, 6) is 1.18. The zero-order chi connectivity index (χ0) is 17.5. The largest absolute Gasteiger partial charge is 0.493 e. The van der Waals surface area contributed by atoms with Gasteiger partial charge in [-0.3, -0.25) is 4.79 Å². The minimum absolute atomic E-state index is 0.120. The number of carbonyl (C=O) groups is 1. The maximum Gasteiger partial charge on any atom is 0.251 e. The molecule has 0 saturated heterocycles. The van der Waals surface area contributed by atoms with Crippen molar-refractivity contribution in [3.63, 3.8) is 0 Å². The van der Waals surface area contributed by atoms with E-state index in [1.165, 1.54) is 0 Å². The summed E-state index contributed by atoms with van der Waals surface area (Å²) in [6, 6.07) is 13.4. The van der Waals surface area contributed by atoms with Crippen LogP contribution in [0.4, 0.5) is 5.69 Å². The van der Waals surface area contributed by atoms with Crippen molar-refractivity contribution >= 4 is 17.7 Å². The molecule has 0 fully saturated rings. The number of para-hydroxylation sites is 1. The minimum Gasteiger partial charge on any atom is -0.493 e. The fourth-order valence-electron chi connectivity index (χ4n) is 2.43. The summed E-state index contributed by atoms with van der Waals surface area (Å²) < 4.78 is 10.5. The highest BCUT2D eigenvalue weighted by atomic mass is 16.5. The number of nitrogens with one attached hydrogen (secondary N) is 1. The van der Waals surface area contributed by atoms with Gasteiger partial charge in [0.15, 0.2) is 11.5 Å². The Morgan fingerprint density at radius 3 is 2.46 bits per heavy atom. The van der Waals surface area contributed by atoms with E-state index in [4.69, 9.17) is 9.47 Å². The van der Waals surface area contributed by atoms with Gasteiger partial charge in [-0.2, -0.15) is 0 Å². The van der Waals surface area contributed by atoms with Crippen LogP contribution in [0.1, 0.15) is 25.0 Å². The lowest BCUT2D eigenvalue weighted by atomic mass is 10.1. The number of ether oxygens (including phenoxy) is 2. The van der Waals surface area contributed by atoms with Gasteiger partial charge in [0.1, 0.15) is 0 Å². The van der Waals surface area contributed by atoms with Crippen molar-refractivity contribution in [3.8, 4) is 11.5 Å². The van der Waals surface area contributed by atoms with Gasteiger partial charge in [0.05, 0.1) is 14.2 Å².